The first-order valence-electron chi connectivity index (χ1n) is 12.4. The highest BCUT2D eigenvalue weighted by Gasteiger charge is 2.63. The van der Waals surface area contributed by atoms with E-state index in [4.69, 9.17) is 23.7 Å². The maximum atomic E-state index is 11.8. The summed E-state index contributed by atoms with van der Waals surface area (Å²) >= 11 is 0. The zero-order chi connectivity index (χ0) is 24.6. The van der Waals surface area contributed by atoms with Crippen LogP contribution in [0.3, 0.4) is 0 Å². The molecule has 0 bridgehead atoms. The Morgan fingerprint density at radius 1 is 1.06 bits per heavy atom. The number of benzene rings is 1. The molecule has 5 rings (SSSR count). The number of ether oxygens (including phenoxy) is 5. The summed E-state index contributed by atoms with van der Waals surface area (Å²) in [6.45, 7) is 10.6. The quantitative estimate of drug-likeness (QED) is 0.604. The van der Waals surface area contributed by atoms with Crippen molar-refractivity contribution in [1.82, 2.24) is 0 Å². The molecule has 4 aliphatic rings. The van der Waals surface area contributed by atoms with Gasteiger partial charge >= 0.3 is 5.97 Å². The molecule has 7 heteroatoms. The lowest BCUT2D eigenvalue weighted by Crippen LogP contribution is -2.64. The van der Waals surface area contributed by atoms with Gasteiger partial charge in [-0.2, -0.15) is 0 Å². The topological polar surface area (TPSA) is 83.5 Å². The van der Waals surface area contributed by atoms with E-state index < -0.39 is 12.6 Å². The smallest absolute Gasteiger partial charge is 0.302 e. The Hall–Kier alpha value is -1.83. The molecule has 2 unspecified atom stereocenters. The number of carbonyl (C=O) groups excluding carboxylic acids is 1. The van der Waals surface area contributed by atoms with E-state index >= 15 is 0 Å². The fraction of sp³-hybridized carbons (Fsp3) is 0.741. The first-order chi connectivity index (χ1) is 16.0. The van der Waals surface area contributed by atoms with Crippen LogP contribution in [0.4, 0.5) is 0 Å². The van der Waals surface area contributed by atoms with Crippen LogP contribution >= 0.6 is 0 Å². The van der Waals surface area contributed by atoms with Crippen molar-refractivity contribution in [3.05, 3.63) is 22.8 Å². The molecule has 2 heterocycles. The lowest BCUT2D eigenvalue weighted by molar-refractivity contribution is -0.219. The van der Waals surface area contributed by atoms with Gasteiger partial charge in [-0.3, -0.25) is 4.79 Å². The monoisotopic (exact) mass is 474 g/mol. The van der Waals surface area contributed by atoms with Crippen LogP contribution in [0.15, 0.2) is 6.07 Å². The molecular formula is C27H38O7. The highest BCUT2D eigenvalue weighted by atomic mass is 16.8. The molecule has 0 aromatic heterocycles. The first-order valence-corrected chi connectivity index (χ1v) is 12.4. The van der Waals surface area contributed by atoms with Crippen molar-refractivity contribution in [2.45, 2.75) is 91.0 Å². The zero-order valence-electron chi connectivity index (χ0n) is 21.4. The molecule has 2 aliphatic carbocycles. The molecule has 188 valence electrons. The van der Waals surface area contributed by atoms with Gasteiger partial charge in [0.2, 0.25) is 0 Å². The first kappa shape index (κ1) is 23.9. The Morgan fingerprint density at radius 2 is 1.76 bits per heavy atom. The van der Waals surface area contributed by atoms with Crippen molar-refractivity contribution in [3.8, 4) is 11.5 Å². The van der Waals surface area contributed by atoms with Crippen LogP contribution in [0.25, 0.3) is 0 Å². The summed E-state index contributed by atoms with van der Waals surface area (Å²) in [7, 11) is 3.19. The van der Waals surface area contributed by atoms with Gasteiger partial charge in [-0.25, -0.2) is 0 Å². The fourth-order valence-electron chi connectivity index (χ4n) is 7.99. The molecule has 0 radical (unpaired) electrons. The van der Waals surface area contributed by atoms with E-state index in [1.807, 2.05) is 0 Å². The Morgan fingerprint density at radius 3 is 2.41 bits per heavy atom. The molecule has 2 saturated carbocycles. The van der Waals surface area contributed by atoms with Gasteiger partial charge in [0.15, 0.2) is 12.6 Å². The Labute approximate surface area is 202 Å². The molecule has 7 atom stereocenters. The second-order valence-electron chi connectivity index (χ2n) is 11.7. The van der Waals surface area contributed by atoms with Crippen LogP contribution in [0.1, 0.15) is 89.6 Å². The van der Waals surface area contributed by atoms with Crippen LogP contribution in [0.2, 0.25) is 0 Å². The molecule has 1 N–H and O–H groups in total. The van der Waals surface area contributed by atoms with Crippen molar-refractivity contribution >= 4 is 5.97 Å². The van der Waals surface area contributed by atoms with E-state index in [0.29, 0.717) is 11.7 Å². The van der Waals surface area contributed by atoms with Crippen LogP contribution in [0, 0.1) is 22.7 Å². The van der Waals surface area contributed by atoms with Crippen molar-refractivity contribution < 1.29 is 33.6 Å². The number of fused-ring (bicyclic) bond motifs is 6. The number of carbonyl (C=O) groups is 1. The van der Waals surface area contributed by atoms with Gasteiger partial charge in [0, 0.05) is 43.6 Å². The van der Waals surface area contributed by atoms with Crippen LogP contribution in [0.5, 0.6) is 11.5 Å². The van der Waals surface area contributed by atoms with E-state index in [1.165, 1.54) is 6.92 Å². The van der Waals surface area contributed by atoms with E-state index in [-0.39, 0.29) is 40.2 Å². The number of rotatable bonds is 3. The van der Waals surface area contributed by atoms with Crippen molar-refractivity contribution in [3.63, 3.8) is 0 Å². The third kappa shape index (κ3) is 3.23. The maximum Gasteiger partial charge on any atom is 0.302 e. The Kier molecular flexibility index (Phi) is 5.51. The molecule has 2 aliphatic heterocycles. The SMILES string of the molecule is COC1OC(OC)c2c1cc(O)c1c2O[C@@]2(C)CC[C@H]3C(C)(C)[C@H](OC(C)=O)CC[C@]3(C)[C@H]2C1. The standard InChI is InChI=1S/C27H38O7/c1-14(28)32-20-9-10-26(4)18(25(20,2)3)8-11-27(5)19(26)13-15-17(29)12-16-21(22(15)34-27)24(31-7)33-23(16)30-6/h12,18-20,23-24,29H,8-11,13H2,1-7H3/t18-,19+,20+,23?,24?,26-,27-/m0/s1. The fourth-order valence-corrected chi connectivity index (χ4v) is 7.99. The molecule has 7 nitrogen and oxygen atoms in total. The molecule has 2 fully saturated rings. The number of aromatic hydroxyl groups is 1. The van der Waals surface area contributed by atoms with Gasteiger partial charge in [0.05, 0.1) is 5.56 Å². The second kappa shape index (κ2) is 7.84. The third-order valence-electron chi connectivity index (χ3n) is 9.58. The summed E-state index contributed by atoms with van der Waals surface area (Å²) in [5.74, 6) is 1.30. The molecule has 1 aromatic rings. The molecule has 34 heavy (non-hydrogen) atoms. The van der Waals surface area contributed by atoms with E-state index in [9.17, 15) is 9.90 Å². The lowest BCUT2D eigenvalue weighted by Gasteiger charge is -2.64. The number of hydrogen-bond donors (Lipinski definition) is 1. The predicted molar refractivity (Wildman–Crippen MR) is 124 cm³/mol. The average Bonchev–Trinajstić information content (AvgIpc) is 3.12. The van der Waals surface area contributed by atoms with E-state index in [2.05, 4.69) is 27.7 Å². The third-order valence-corrected chi connectivity index (χ3v) is 9.58. The van der Waals surface area contributed by atoms with Crippen molar-refractivity contribution in [1.29, 1.82) is 0 Å². The van der Waals surface area contributed by atoms with Gasteiger partial charge < -0.3 is 28.8 Å². The molecule has 0 saturated heterocycles. The zero-order valence-corrected chi connectivity index (χ0v) is 21.4. The second-order valence-corrected chi connectivity index (χ2v) is 11.7. The highest BCUT2D eigenvalue weighted by molar-refractivity contribution is 5.66. The van der Waals surface area contributed by atoms with Gasteiger partial charge in [0.25, 0.3) is 0 Å². The number of phenols is 1. The van der Waals surface area contributed by atoms with Crippen LogP contribution in [-0.4, -0.2) is 37.0 Å². The number of esters is 1. The predicted octanol–water partition coefficient (Wildman–Crippen LogP) is 5.19. The molecular weight excluding hydrogens is 436 g/mol. The van der Waals surface area contributed by atoms with Gasteiger partial charge in [-0.05, 0) is 56.4 Å². The summed E-state index contributed by atoms with van der Waals surface area (Å²) in [5.41, 5.74) is 1.88. The summed E-state index contributed by atoms with van der Waals surface area (Å²) in [4.78, 5) is 11.8. The minimum Gasteiger partial charge on any atom is -0.508 e. The minimum absolute atomic E-state index is 0.0114. The molecule has 1 aromatic carbocycles. The lowest BCUT2D eigenvalue weighted by atomic mass is 9.44. The number of methoxy groups -OCH3 is 2. The number of hydrogen-bond acceptors (Lipinski definition) is 7. The van der Waals surface area contributed by atoms with Crippen molar-refractivity contribution in [2.75, 3.05) is 14.2 Å². The van der Waals surface area contributed by atoms with Gasteiger partial charge in [0.1, 0.15) is 23.2 Å². The largest absolute Gasteiger partial charge is 0.508 e. The van der Waals surface area contributed by atoms with E-state index in [0.717, 1.165) is 48.8 Å². The molecule has 0 spiro atoms. The normalized spacial score (nSPS) is 39.8. The maximum absolute atomic E-state index is 11.8. The highest BCUT2D eigenvalue weighted by Crippen LogP contribution is 2.66. The number of phenolic OH excluding ortho intramolecular Hbond substituents is 1. The van der Waals surface area contributed by atoms with Gasteiger partial charge in [-0.15, -0.1) is 0 Å². The molecule has 0 amide bonds. The Balaban J connectivity index is 1.56. The minimum atomic E-state index is -0.601. The van der Waals surface area contributed by atoms with Crippen LogP contribution in [-0.2, 0) is 30.2 Å². The summed E-state index contributed by atoms with van der Waals surface area (Å²) in [6.07, 6.45) is 3.13. The Bertz CT molecular complexity index is 1000. The summed E-state index contributed by atoms with van der Waals surface area (Å²) in [6, 6.07) is 1.75. The summed E-state index contributed by atoms with van der Waals surface area (Å²) in [5, 5.41) is 11.1. The average molecular weight is 475 g/mol. The van der Waals surface area contributed by atoms with E-state index in [1.54, 1.807) is 20.3 Å². The van der Waals surface area contributed by atoms with Crippen LogP contribution < -0.4 is 4.74 Å². The van der Waals surface area contributed by atoms with Gasteiger partial charge in [-0.1, -0.05) is 20.8 Å². The summed E-state index contributed by atoms with van der Waals surface area (Å²) < 4.78 is 29.7. The van der Waals surface area contributed by atoms with Crippen molar-refractivity contribution in [2.24, 2.45) is 22.7 Å².